The lowest BCUT2D eigenvalue weighted by Gasteiger charge is -2.39. The molecule has 1 aliphatic heterocycles. The molecule has 136 valence electrons. The lowest BCUT2D eigenvalue weighted by atomic mass is 10.1. The first-order chi connectivity index (χ1) is 12.5. The van der Waals surface area contributed by atoms with Crippen LogP contribution < -0.4 is 9.64 Å². The lowest BCUT2D eigenvalue weighted by Crippen LogP contribution is -2.58. The third kappa shape index (κ3) is 3.15. The SMILES string of the molecule is COc1ccccc1C(=O)N1CCN(c2cccc(Cl)c2C)C(=O)C1C. The van der Waals surface area contributed by atoms with Gasteiger partial charge in [-0.05, 0) is 43.7 Å². The Morgan fingerprint density at radius 2 is 1.88 bits per heavy atom. The number of halogens is 1. The second-order valence-electron chi connectivity index (χ2n) is 6.25. The van der Waals surface area contributed by atoms with Gasteiger partial charge in [-0.25, -0.2) is 0 Å². The summed E-state index contributed by atoms with van der Waals surface area (Å²) in [4.78, 5) is 29.2. The molecule has 1 fully saturated rings. The van der Waals surface area contributed by atoms with E-state index in [1.54, 1.807) is 41.0 Å². The summed E-state index contributed by atoms with van der Waals surface area (Å²) in [5, 5.41) is 0.621. The Balaban J connectivity index is 1.86. The van der Waals surface area contributed by atoms with Crippen LogP contribution in [-0.2, 0) is 4.79 Å². The summed E-state index contributed by atoms with van der Waals surface area (Å²) in [7, 11) is 1.53. The van der Waals surface area contributed by atoms with Gasteiger partial charge in [-0.2, -0.15) is 0 Å². The van der Waals surface area contributed by atoms with Crippen LogP contribution in [0, 0.1) is 6.92 Å². The van der Waals surface area contributed by atoms with Crippen LogP contribution in [0.5, 0.6) is 5.75 Å². The van der Waals surface area contributed by atoms with Crippen LogP contribution in [0.25, 0.3) is 0 Å². The number of anilines is 1. The van der Waals surface area contributed by atoms with Gasteiger partial charge in [-0.3, -0.25) is 9.59 Å². The van der Waals surface area contributed by atoms with E-state index >= 15 is 0 Å². The van der Waals surface area contributed by atoms with Gasteiger partial charge in [0, 0.05) is 23.8 Å². The average Bonchev–Trinajstić information content (AvgIpc) is 2.66. The molecule has 2 aromatic rings. The number of piperazine rings is 1. The first-order valence-electron chi connectivity index (χ1n) is 8.46. The fourth-order valence-corrected chi connectivity index (χ4v) is 3.42. The zero-order chi connectivity index (χ0) is 18.8. The summed E-state index contributed by atoms with van der Waals surface area (Å²) in [6, 6.07) is 12.0. The Kier molecular flexibility index (Phi) is 5.18. The summed E-state index contributed by atoms with van der Waals surface area (Å²) in [5.74, 6) is 0.181. The van der Waals surface area contributed by atoms with Crippen LogP contribution in [0.3, 0.4) is 0 Å². The van der Waals surface area contributed by atoms with Gasteiger partial charge in [0.1, 0.15) is 11.8 Å². The molecule has 1 aliphatic rings. The predicted octanol–water partition coefficient (Wildman–Crippen LogP) is 3.53. The Hall–Kier alpha value is -2.53. The normalized spacial score (nSPS) is 17.4. The molecule has 1 heterocycles. The van der Waals surface area contributed by atoms with Gasteiger partial charge in [0.05, 0.1) is 12.7 Å². The number of rotatable bonds is 3. The molecule has 0 aliphatic carbocycles. The van der Waals surface area contributed by atoms with E-state index in [0.29, 0.717) is 29.4 Å². The van der Waals surface area contributed by atoms with E-state index in [0.717, 1.165) is 11.3 Å². The number of hydrogen-bond donors (Lipinski definition) is 0. The molecule has 0 radical (unpaired) electrons. The number of benzene rings is 2. The van der Waals surface area contributed by atoms with Gasteiger partial charge in [-0.1, -0.05) is 29.8 Å². The number of para-hydroxylation sites is 1. The maximum atomic E-state index is 13.0. The minimum absolute atomic E-state index is 0.120. The monoisotopic (exact) mass is 372 g/mol. The summed E-state index contributed by atoms with van der Waals surface area (Å²) < 4.78 is 5.28. The van der Waals surface area contributed by atoms with Crippen molar-refractivity contribution in [2.45, 2.75) is 19.9 Å². The van der Waals surface area contributed by atoms with Crippen molar-refractivity contribution >= 4 is 29.1 Å². The third-order valence-electron chi connectivity index (χ3n) is 4.78. The van der Waals surface area contributed by atoms with Crippen LogP contribution in [0.15, 0.2) is 42.5 Å². The lowest BCUT2D eigenvalue weighted by molar-refractivity contribution is -0.124. The summed E-state index contributed by atoms with van der Waals surface area (Å²) in [6.45, 7) is 4.50. The number of ether oxygens (including phenoxy) is 1. The molecular weight excluding hydrogens is 352 g/mol. The van der Waals surface area contributed by atoms with Crippen LogP contribution in [-0.4, -0.2) is 43.0 Å². The molecule has 6 heteroatoms. The second-order valence-corrected chi connectivity index (χ2v) is 6.66. The highest BCUT2D eigenvalue weighted by Gasteiger charge is 2.36. The first kappa shape index (κ1) is 18.3. The van der Waals surface area contributed by atoms with E-state index in [9.17, 15) is 9.59 Å². The minimum atomic E-state index is -0.570. The zero-order valence-corrected chi connectivity index (χ0v) is 15.8. The third-order valence-corrected chi connectivity index (χ3v) is 5.19. The first-order valence-corrected chi connectivity index (χ1v) is 8.84. The van der Waals surface area contributed by atoms with Crippen molar-refractivity contribution in [3.8, 4) is 5.75 Å². The van der Waals surface area contributed by atoms with E-state index in [1.807, 2.05) is 25.1 Å². The quantitative estimate of drug-likeness (QED) is 0.828. The maximum Gasteiger partial charge on any atom is 0.258 e. The molecule has 0 saturated carbocycles. The van der Waals surface area contributed by atoms with Crippen molar-refractivity contribution in [3.05, 3.63) is 58.6 Å². The Bertz CT molecular complexity index is 853. The maximum absolute atomic E-state index is 13.0. The average molecular weight is 373 g/mol. The smallest absolute Gasteiger partial charge is 0.258 e. The van der Waals surface area contributed by atoms with Crippen molar-refractivity contribution in [2.75, 3.05) is 25.1 Å². The highest BCUT2D eigenvalue weighted by molar-refractivity contribution is 6.31. The van der Waals surface area contributed by atoms with Gasteiger partial charge in [0.25, 0.3) is 5.91 Å². The molecular formula is C20H21ClN2O3. The van der Waals surface area contributed by atoms with Crippen molar-refractivity contribution in [2.24, 2.45) is 0 Å². The summed E-state index contributed by atoms with van der Waals surface area (Å²) in [5.41, 5.74) is 2.11. The number of hydrogen-bond acceptors (Lipinski definition) is 3. The molecule has 2 amide bonds. The largest absolute Gasteiger partial charge is 0.496 e. The number of carbonyl (C=O) groups is 2. The molecule has 0 N–H and O–H groups in total. The molecule has 1 unspecified atom stereocenters. The predicted molar refractivity (Wildman–Crippen MR) is 102 cm³/mol. The summed E-state index contributed by atoms with van der Waals surface area (Å²) >= 11 is 6.19. The topological polar surface area (TPSA) is 49.9 Å². The van der Waals surface area contributed by atoms with Crippen LogP contribution in [0.1, 0.15) is 22.8 Å². The highest BCUT2D eigenvalue weighted by Crippen LogP contribution is 2.30. The van der Waals surface area contributed by atoms with Gasteiger partial charge >= 0.3 is 0 Å². The number of amides is 2. The summed E-state index contributed by atoms with van der Waals surface area (Å²) in [6.07, 6.45) is 0. The second kappa shape index (κ2) is 7.38. The van der Waals surface area contributed by atoms with Gasteiger partial charge in [0.15, 0.2) is 0 Å². The van der Waals surface area contributed by atoms with E-state index < -0.39 is 6.04 Å². The van der Waals surface area contributed by atoms with Gasteiger partial charge in [0.2, 0.25) is 5.91 Å². The van der Waals surface area contributed by atoms with Crippen LogP contribution >= 0.6 is 11.6 Å². The molecule has 5 nitrogen and oxygen atoms in total. The molecule has 1 saturated heterocycles. The van der Waals surface area contributed by atoms with Gasteiger partial charge < -0.3 is 14.5 Å². The van der Waals surface area contributed by atoms with Crippen molar-refractivity contribution < 1.29 is 14.3 Å². The van der Waals surface area contributed by atoms with E-state index in [2.05, 4.69) is 0 Å². The fraction of sp³-hybridized carbons (Fsp3) is 0.300. The Labute approximate surface area is 158 Å². The molecule has 2 aromatic carbocycles. The van der Waals surface area contributed by atoms with E-state index in [-0.39, 0.29) is 11.8 Å². The van der Waals surface area contributed by atoms with E-state index in [4.69, 9.17) is 16.3 Å². The van der Waals surface area contributed by atoms with Crippen LogP contribution in [0.4, 0.5) is 5.69 Å². The molecule has 3 rings (SSSR count). The highest BCUT2D eigenvalue weighted by atomic mass is 35.5. The number of nitrogens with zero attached hydrogens (tertiary/aromatic N) is 2. The van der Waals surface area contributed by atoms with E-state index in [1.165, 1.54) is 7.11 Å². The molecule has 0 bridgehead atoms. The van der Waals surface area contributed by atoms with Crippen molar-refractivity contribution in [3.63, 3.8) is 0 Å². The fourth-order valence-electron chi connectivity index (χ4n) is 3.25. The molecule has 26 heavy (non-hydrogen) atoms. The molecule has 0 spiro atoms. The van der Waals surface area contributed by atoms with Gasteiger partial charge in [-0.15, -0.1) is 0 Å². The Morgan fingerprint density at radius 1 is 1.15 bits per heavy atom. The molecule has 0 aromatic heterocycles. The van der Waals surface area contributed by atoms with Crippen LogP contribution in [0.2, 0.25) is 5.02 Å². The molecule has 1 atom stereocenters. The van der Waals surface area contributed by atoms with Crippen molar-refractivity contribution in [1.29, 1.82) is 0 Å². The minimum Gasteiger partial charge on any atom is -0.496 e. The number of carbonyl (C=O) groups excluding carboxylic acids is 2. The Morgan fingerprint density at radius 3 is 2.62 bits per heavy atom. The van der Waals surface area contributed by atoms with Crippen molar-refractivity contribution in [1.82, 2.24) is 4.90 Å². The number of methoxy groups -OCH3 is 1. The zero-order valence-electron chi connectivity index (χ0n) is 15.0. The standard InChI is InChI=1S/C20H21ClN2O3/c1-13-16(21)8-6-9-17(13)23-12-11-22(14(2)19(23)24)20(25)15-7-4-5-10-18(15)26-3/h4-10,14H,11-12H2,1-3H3.